The molecule has 0 bridgehead atoms. The topological polar surface area (TPSA) is 0 Å². The van der Waals surface area contributed by atoms with Crippen LogP contribution in [0.2, 0.25) is 0 Å². The molecule has 0 saturated carbocycles. The zero-order chi connectivity index (χ0) is 16.1. The molecule has 0 heterocycles. The summed E-state index contributed by atoms with van der Waals surface area (Å²) >= 11 is 75.2. The Kier molecular flexibility index (Phi) is 8.32. The summed E-state index contributed by atoms with van der Waals surface area (Å²) in [6, 6.07) is 0. The number of hydrogen-bond donors (Lipinski definition) is 0. The standard InChI is InChI=1S/C6HCl13/c7-1(8)2(9,4(11,12)13)3(10,5(14,15)16)6(17,18)19/h1H. The number of rotatable bonds is 2. The molecular weight excluding hydrogens is 533 g/mol. The van der Waals surface area contributed by atoms with Crippen LogP contribution in [-0.2, 0) is 0 Å². The molecule has 0 aromatic carbocycles. The van der Waals surface area contributed by atoms with Crippen LogP contribution < -0.4 is 0 Å². The van der Waals surface area contributed by atoms with Gasteiger partial charge in [-0.15, -0.1) is 46.4 Å². The van der Waals surface area contributed by atoms with Crippen molar-refractivity contribution in [1.29, 1.82) is 0 Å². The molecule has 0 aliphatic heterocycles. The monoisotopic (exact) mass is 528 g/mol. The summed E-state index contributed by atoms with van der Waals surface area (Å²) in [4.78, 5) is -6.74. The highest BCUT2D eigenvalue weighted by Crippen LogP contribution is 2.68. The number of halogens is 13. The van der Waals surface area contributed by atoms with E-state index in [-0.39, 0.29) is 0 Å². The first-order valence-corrected chi connectivity index (χ1v) is 8.83. The molecule has 0 saturated heterocycles. The van der Waals surface area contributed by atoms with E-state index in [0.717, 1.165) is 0 Å². The van der Waals surface area contributed by atoms with Crippen LogP contribution in [-0.4, -0.2) is 26.0 Å². The van der Waals surface area contributed by atoms with Crippen molar-refractivity contribution in [2.75, 3.05) is 0 Å². The summed E-state index contributed by atoms with van der Waals surface area (Å²) in [5.74, 6) is 0. The molecule has 0 aromatic heterocycles. The zero-order valence-electron chi connectivity index (χ0n) is 7.99. The Morgan fingerprint density at radius 1 is 0.474 bits per heavy atom. The van der Waals surface area contributed by atoms with Gasteiger partial charge < -0.3 is 0 Å². The zero-order valence-corrected chi connectivity index (χ0v) is 17.8. The molecule has 0 N–H and O–H groups in total. The summed E-state index contributed by atoms with van der Waals surface area (Å²) < 4.78 is -7.46. The van der Waals surface area contributed by atoms with Crippen LogP contribution in [0.1, 0.15) is 0 Å². The molecule has 0 nitrogen and oxygen atoms in total. The third kappa shape index (κ3) is 4.06. The Hall–Kier alpha value is 3.77. The fourth-order valence-electron chi connectivity index (χ4n) is 1.04. The molecule has 0 rings (SSSR count). The molecule has 0 fully saturated rings. The highest BCUT2D eigenvalue weighted by Gasteiger charge is 2.78. The van der Waals surface area contributed by atoms with E-state index in [2.05, 4.69) is 0 Å². The Labute approximate surface area is 175 Å². The van der Waals surface area contributed by atoms with Crippen molar-refractivity contribution in [3.63, 3.8) is 0 Å². The third-order valence-electron chi connectivity index (χ3n) is 2.00. The lowest BCUT2D eigenvalue weighted by Crippen LogP contribution is -2.70. The minimum Gasteiger partial charge on any atom is -0.109 e. The molecule has 116 valence electrons. The van der Waals surface area contributed by atoms with E-state index >= 15 is 0 Å². The van der Waals surface area contributed by atoms with Gasteiger partial charge in [0.2, 0.25) is 11.4 Å². The van der Waals surface area contributed by atoms with Crippen LogP contribution in [0.3, 0.4) is 0 Å². The van der Waals surface area contributed by atoms with Gasteiger partial charge in [-0.25, -0.2) is 0 Å². The molecule has 19 heavy (non-hydrogen) atoms. The summed E-state index contributed by atoms with van der Waals surface area (Å²) in [6.07, 6.45) is 0. The first-order chi connectivity index (χ1) is 7.94. The fourth-order valence-corrected chi connectivity index (χ4v) is 6.05. The molecule has 0 aromatic rings. The van der Waals surface area contributed by atoms with Crippen molar-refractivity contribution in [1.82, 2.24) is 0 Å². The van der Waals surface area contributed by atoms with Crippen molar-refractivity contribution in [3.8, 4) is 0 Å². The quantitative estimate of drug-likeness (QED) is 0.317. The molecular formula is C6HCl13. The largest absolute Gasteiger partial charge is 0.215 e. The lowest BCUT2D eigenvalue weighted by Gasteiger charge is -2.52. The first-order valence-electron chi connectivity index (χ1n) is 3.80. The normalized spacial score (nSPS) is 18.6. The molecule has 1 atom stereocenters. The molecule has 1 unspecified atom stereocenters. The molecule has 13 heteroatoms. The van der Waals surface area contributed by atoms with Gasteiger partial charge >= 0.3 is 0 Å². The second-order valence-electron chi connectivity index (χ2n) is 3.16. The van der Waals surface area contributed by atoms with E-state index < -0.39 is 26.0 Å². The first kappa shape index (κ1) is 22.8. The second-order valence-corrected chi connectivity index (χ2v) is 12.3. The van der Waals surface area contributed by atoms with E-state index in [1.165, 1.54) is 0 Å². The average Bonchev–Trinajstić information content (AvgIpc) is 2.09. The van der Waals surface area contributed by atoms with Gasteiger partial charge in [0.1, 0.15) is 9.71 Å². The highest BCUT2D eigenvalue weighted by molar-refractivity contribution is 6.81. The molecule has 0 amide bonds. The van der Waals surface area contributed by atoms with Crippen LogP contribution in [0.15, 0.2) is 0 Å². The van der Waals surface area contributed by atoms with Gasteiger partial charge in [-0.3, -0.25) is 0 Å². The summed E-state index contributed by atoms with van der Waals surface area (Å²) in [7, 11) is 0. The predicted octanol–water partition coefficient (Wildman–Crippen LogP) is 7.86. The molecule has 0 aliphatic carbocycles. The molecule has 0 aliphatic rings. The van der Waals surface area contributed by atoms with Gasteiger partial charge in [-0.2, -0.15) is 0 Å². The van der Waals surface area contributed by atoms with E-state index in [1.54, 1.807) is 0 Å². The smallest absolute Gasteiger partial charge is 0.109 e. The Balaban J connectivity index is 6.45. The van der Waals surface area contributed by atoms with Crippen LogP contribution in [0.5, 0.6) is 0 Å². The van der Waals surface area contributed by atoms with Crippen LogP contribution in [0, 0.1) is 0 Å². The summed E-state index contributed by atoms with van der Waals surface area (Å²) in [5, 5.41) is 0. The van der Waals surface area contributed by atoms with Crippen LogP contribution in [0.4, 0.5) is 0 Å². The minimum atomic E-state index is -2.59. The Morgan fingerprint density at radius 3 is 0.789 bits per heavy atom. The van der Waals surface area contributed by atoms with E-state index in [9.17, 15) is 0 Å². The van der Waals surface area contributed by atoms with Gasteiger partial charge in [-0.05, 0) is 0 Å². The molecule has 0 spiro atoms. The van der Waals surface area contributed by atoms with E-state index in [1.807, 2.05) is 0 Å². The number of hydrogen-bond acceptors (Lipinski definition) is 0. The van der Waals surface area contributed by atoms with E-state index in [0.29, 0.717) is 0 Å². The van der Waals surface area contributed by atoms with Gasteiger partial charge in [-0.1, -0.05) is 104 Å². The lowest BCUT2D eigenvalue weighted by molar-refractivity contribution is 0.431. The van der Waals surface area contributed by atoms with Gasteiger partial charge in [0.25, 0.3) is 0 Å². The maximum atomic E-state index is 6.13. The maximum absolute atomic E-state index is 6.13. The van der Waals surface area contributed by atoms with E-state index in [4.69, 9.17) is 151 Å². The second kappa shape index (κ2) is 6.95. The minimum absolute atomic E-state index is 1.68. The SMILES string of the molecule is ClC(Cl)C(Cl)(C(Cl)(Cl)Cl)C(Cl)(C(Cl)(Cl)Cl)C(Cl)(Cl)Cl. The van der Waals surface area contributed by atoms with Gasteiger partial charge in [0.05, 0.1) is 0 Å². The van der Waals surface area contributed by atoms with Crippen molar-refractivity contribution in [2.24, 2.45) is 0 Å². The van der Waals surface area contributed by atoms with Crippen molar-refractivity contribution >= 4 is 151 Å². The van der Waals surface area contributed by atoms with Crippen LogP contribution >= 0.6 is 151 Å². The average molecular weight is 534 g/mol. The van der Waals surface area contributed by atoms with Crippen molar-refractivity contribution in [2.45, 2.75) is 26.0 Å². The Morgan fingerprint density at radius 2 is 0.737 bits per heavy atom. The number of alkyl halides is 13. The van der Waals surface area contributed by atoms with Gasteiger partial charge in [0.15, 0.2) is 4.87 Å². The van der Waals surface area contributed by atoms with Crippen LogP contribution in [0.25, 0.3) is 0 Å². The third-order valence-corrected chi connectivity index (χ3v) is 8.09. The van der Waals surface area contributed by atoms with Crippen molar-refractivity contribution < 1.29 is 0 Å². The summed E-state index contributed by atoms with van der Waals surface area (Å²) in [6.45, 7) is 0. The fraction of sp³-hybridized carbons (Fsp3) is 1.00. The summed E-state index contributed by atoms with van der Waals surface area (Å²) in [5.41, 5.74) is 0. The van der Waals surface area contributed by atoms with Crippen molar-refractivity contribution in [3.05, 3.63) is 0 Å². The Bertz CT molecular complexity index is 303. The van der Waals surface area contributed by atoms with Gasteiger partial charge in [0, 0.05) is 0 Å². The molecule has 0 radical (unpaired) electrons. The predicted molar refractivity (Wildman–Crippen MR) is 93.5 cm³/mol. The lowest BCUT2D eigenvalue weighted by atomic mass is 9.95. The maximum Gasteiger partial charge on any atom is 0.215 e. The highest BCUT2D eigenvalue weighted by atomic mass is 35.6.